The molecule has 4 rings (SSSR count). The number of barbiturate groups is 1. The minimum absolute atomic E-state index is 0.0768. The number of ether oxygens (including phenoxy) is 2. The molecule has 0 unspecified atom stereocenters. The van der Waals surface area contributed by atoms with Gasteiger partial charge in [0.25, 0.3) is 11.8 Å². The molecule has 2 aromatic rings. The number of amides is 4. The molecule has 1 aliphatic heterocycles. The van der Waals surface area contributed by atoms with Gasteiger partial charge in [0, 0.05) is 16.6 Å². The highest BCUT2D eigenvalue weighted by Crippen LogP contribution is 2.36. The third-order valence-corrected chi connectivity index (χ3v) is 6.75. The van der Waals surface area contributed by atoms with Crippen LogP contribution in [-0.4, -0.2) is 35.4 Å². The molecule has 2 aliphatic rings. The summed E-state index contributed by atoms with van der Waals surface area (Å²) in [5, 5.41) is 2.98. The first-order valence-electron chi connectivity index (χ1n) is 12.6. The Labute approximate surface area is 222 Å². The Morgan fingerprint density at radius 1 is 1.08 bits per heavy atom. The van der Waals surface area contributed by atoms with Crippen LogP contribution in [0.4, 0.5) is 4.79 Å². The average Bonchev–Trinajstić information content (AvgIpc) is 2.88. The Balaban J connectivity index is 1.67. The van der Waals surface area contributed by atoms with Crippen molar-refractivity contribution in [3.8, 4) is 11.5 Å². The lowest BCUT2D eigenvalue weighted by molar-refractivity contribution is -0.132. The van der Waals surface area contributed by atoms with Gasteiger partial charge in [-0.1, -0.05) is 49.1 Å². The fourth-order valence-corrected chi connectivity index (χ4v) is 4.87. The Kier molecular flexibility index (Phi) is 8.66. The first-order chi connectivity index (χ1) is 17.9. The van der Waals surface area contributed by atoms with Gasteiger partial charge in [-0.05, 0) is 67.7 Å². The summed E-state index contributed by atoms with van der Waals surface area (Å²) < 4.78 is 12.1. The molecule has 0 atom stereocenters. The van der Waals surface area contributed by atoms with E-state index in [-0.39, 0.29) is 11.6 Å². The average molecular weight is 523 g/mol. The third kappa shape index (κ3) is 6.23. The van der Waals surface area contributed by atoms with Crippen LogP contribution in [0.15, 0.2) is 54.6 Å². The number of benzene rings is 2. The number of urea groups is 1. The van der Waals surface area contributed by atoms with E-state index in [2.05, 4.69) is 11.9 Å². The van der Waals surface area contributed by atoms with Gasteiger partial charge in [0.1, 0.15) is 12.2 Å². The maximum atomic E-state index is 13.3. The number of carbonyl (C=O) groups is 3. The van der Waals surface area contributed by atoms with Crippen molar-refractivity contribution >= 4 is 35.5 Å². The number of allylic oxidation sites excluding steroid dienone is 1. The SMILES string of the molecule is C=CCc1cc(C=C2C(=O)NC(=O)N(C3CCCCC3)C2=O)cc(OCC)c1OCc1ccc(Cl)cc1. The van der Waals surface area contributed by atoms with Gasteiger partial charge in [-0.2, -0.15) is 0 Å². The minimum atomic E-state index is -0.701. The zero-order valence-electron chi connectivity index (χ0n) is 20.9. The molecule has 4 amide bonds. The topological polar surface area (TPSA) is 84.9 Å². The van der Waals surface area contributed by atoms with E-state index in [4.69, 9.17) is 21.1 Å². The molecular formula is C29H31ClN2O5. The molecule has 1 saturated heterocycles. The molecule has 0 radical (unpaired) electrons. The third-order valence-electron chi connectivity index (χ3n) is 6.50. The number of halogens is 1. The van der Waals surface area contributed by atoms with Gasteiger partial charge in [0.05, 0.1) is 6.61 Å². The van der Waals surface area contributed by atoms with E-state index < -0.39 is 17.8 Å². The van der Waals surface area contributed by atoms with Crippen LogP contribution in [0.5, 0.6) is 11.5 Å². The molecule has 0 aromatic heterocycles. The van der Waals surface area contributed by atoms with Gasteiger partial charge in [-0.15, -0.1) is 6.58 Å². The zero-order valence-corrected chi connectivity index (χ0v) is 21.7. The van der Waals surface area contributed by atoms with Crippen LogP contribution in [0, 0.1) is 0 Å². The van der Waals surface area contributed by atoms with Crippen molar-refractivity contribution in [3.05, 3.63) is 76.3 Å². The number of carbonyl (C=O) groups excluding carboxylic acids is 3. The highest BCUT2D eigenvalue weighted by molar-refractivity contribution is 6.31. The van der Waals surface area contributed by atoms with Crippen LogP contribution in [0.1, 0.15) is 55.7 Å². The van der Waals surface area contributed by atoms with Crippen LogP contribution < -0.4 is 14.8 Å². The van der Waals surface area contributed by atoms with Crippen molar-refractivity contribution in [3.63, 3.8) is 0 Å². The van der Waals surface area contributed by atoms with Crippen molar-refractivity contribution in [1.82, 2.24) is 10.2 Å². The van der Waals surface area contributed by atoms with E-state index in [0.717, 1.165) is 43.2 Å². The number of hydrogen-bond acceptors (Lipinski definition) is 5. The number of hydrogen-bond donors (Lipinski definition) is 1. The van der Waals surface area contributed by atoms with Gasteiger partial charge in [-0.3, -0.25) is 19.8 Å². The molecule has 0 spiro atoms. The van der Waals surface area contributed by atoms with Crippen molar-refractivity contribution < 1.29 is 23.9 Å². The van der Waals surface area contributed by atoms with E-state index in [0.29, 0.717) is 41.7 Å². The first-order valence-corrected chi connectivity index (χ1v) is 13.0. The highest BCUT2D eigenvalue weighted by Gasteiger charge is 2.40. The van der Waals surface area contributed by atoms with E-state index in [9.17, 15) is 14.4 Å². The molecule has 194 valence electrons. The van der Waals surface area contributed by atoms with Crippen molar-refractivity contribution in [2.45, 2.75) is 58.1 Å². The van der Waals surface area contributed by atoms with Gasteiger partial charge in [0.2, 0.25) is 0 Å². The molecule has 2 aromatic carbocycles. The van der Waals surface area contributed by atoms with Gasteiger partial charge in [0.15, 0.2) is 11.5 Å². The van der Waals surface area contributed by atoms with Crippen molar-refractivity contribution in [2.75, 3.05) is 6.61 Å². The van der Waals surface area contributed by atoms with E-state index in [1.165, 1.54) is 11.0 Å². The molecule has 1 aliphatic carbocycles. The van der Waals surface area contributed by atoms with Gasteiger partial charge < -0.3 is 9.47 Å². The molecule has 2 fully saturated rings. The van der Waals surface area contributed by atoms with E-state index in [1.807, 2.05) is 25.1 Å². The summed E-state index contributed by atoms with van der Waals surface area (Å²) in [6, 6.07) is 10.1. The fourth-order valence-electron chi connectivity index (χ4n) is 4.75. The van der Waals surface area contributed by atoms with Crippen LogP contribution in [0.25, 0.3) is 6.08 Å². The summed E-state index contributed by atoms with van der Waals surface area (Å²) in [6.45, 7) is 6.42. The minimum Gasteiger partial charge on any atom is -0.490 e. The Bertz CT molecular complexity index is 1220. The van der Waals surface area contributed by atoms with Crippen LogP contribution in [0.2, 0.25) is 5.02 Å². The lowest BCUT2D eigenvalue weighted by Crippen LogP contribution is -2.58. The summed E-state index contributed by atoms with van der Waals surface area (Å²) in [6.07, 6.45) is 8.23. The second kappa shape index (κ2) is 12.1. The summed E-state index contributed by atoms with van der Waals surface area (Å²) in [5.74, 6) is -0.205. The van der Waals surface area contributed by atoms with Crippen molar-refractivity contribution in [2.24, 2.45) is 0 Å². The number of rotatable bonds is 9. The molecular weight excluding hydrogens is 492 g/mol. The predicted octanol–water partition coefficient (Wildman–Crippen LogP) is 5.84. The molecule has 1 heterocycles. The lowest BCUT2D eigenvalue weighted by atomic mass is 9.93. The molecule has 7 nitrogen and oxygen atoms in total. The van der Waals surface area contributed by atoms with Gasteiger partial charge in [-0.25, -0.2) is 4.79 Å². The highest BCUT2D eigenvalue weighted by atomic mass is 35.5. The maximum absolute atomic E-state index is 13.3. The molecule has 1 N–H and O–H groups in total. The van der Waals surface area contributed by atoms with E-state index >= 15 is 0 Å². The number of imide groups is 2. The fraction of sp³-hybridized carbons (Fsp3) is 0.345. The summed E-state index contributed by atoms with van der Waals surface area (Å²) in [4.78, 5) is 39.8. The zero-order chi connectivity index (χ0) is 26.4. The van der Waals surface area contributed by atoms with Crippen LogP contribution in [0.3, 0.4) is 0 Å². The first kappa shape index (κ1) is 26.5. The van der Waals surface area contributed by atoms with Crippen LogP contribution in [-0.2, 0) is 22.6 Å². The second-order valence-corrected chi connectivity index (χ2v) is 9.57. The second-order valence-electron chi connectivity index (χ2n) is 9.13. The van der Waals surface area contributed by atoms with Crippen molar-refractivity contribution in [1.29, 1.82) is 0 Å². The normalized spacial score (nSPS) is 17.6. The monoisotopic (exact) mass is 522 g/mol. The standard InChI is InChI=1S/C29H31ClN2O5/c1-3-8-21-15-20(17-25(36-4-2)26(21)37-18-19-11-13-22(30)14-12-19)16-24-27(33)31-29(35)32(28(24)34)23-9-6-5-7-10-23/h3,11-17,23H,1,4-10,18H2,2H3,(H,31,33,35). The Morgan fingerprint density at radius 3 is 2.49 bits per heavy atom. The summed E-state index contributed by atoms with van der Waals surface area (Å²) in [5.41, 5.74) is 2.26. The Hall–Kier alpha value is -3.58. The molecule has 1 saturated carbocycles. The molecule has 37 heavy (non-hydrogen) atoms. The number of nitrogens with zero attached hydrogens (tertiary/aromatic N) is 1. The predicted molar refractivity (Wildman–Crippen MR) is 143 cm³/mol. The van der Waals surface area contributed by atoms with Gasteiger partial charge >= 0.3 is 6.03 Å². The lowest BCUT2D eigenvalue weighted by Gasteiger charge is -2.35. The number of nitrogens with one attached hydrogen (secondary N) is 1. The smallest absolute Gasteiger partial charge is 0.331 e. The summed E-state index contributed by atoms with van der Waals surface area (Å²) >= 11 is 5.99. The summed E-state index contributed by atoms with van der Waals surface area (Å²) in [7, 11) is 0. The Morgan fingerprint density at radius 2 is 1.81 bits per heavy atom. The largest absolute Gasteiger partial charge is 0.490 e. The molecule has 8 heteroatoms. The molecule has 0 bridgehead atoms. The van der Waals surface area contributed by atoms with E-state index in [1.54, 1.807) is 24.3 Å². The maximum Gasteiger partial charge on any atom is 0.331 e. The quantitative estimate of drug-likeness (QED) is 0.254. The van der Waals surface area contributed by atoms with Crippen LogP contribution >= 0.6 is 11.6 Å².